The Morgan fingerprint density at radius 3 is 2.53 bits per heavy atom. The van der Waals surface area contributed by atoms with Gasteiger partial charge in [-0.2, -0.15) is 0 Å². The van der Waals surface area contributed by atoms with Gasteiger partial charge in [0.1, 0.15) is 18.5 Å². The van der Waals surface area contributed by atoms with Crippen molar-refractivity contribution >= 4 is 5.97 Å². The maximum Gasteiger partial charge on any atom is 0.338 e. The third-order valence-corrected chi connectivity index (χ3v) is 2.88. The molecule has 0 aromatic heterocycles. The summed E-state index contributed by atoms with van der Waals surface area (Å²) in [5.74, 6) is -0.708. The van der Waals surface area contributed by atoms with Gasteiger partial charge < -0.3 is 29.9 Å². The zero-order chi connectivity index (χ0) is 14.0. The number of hydrogen-bond donors (Lipinski definition) is 4. The third-order valence-electron chi connectivity index (χ3n) is 2.88. The first-order valence-corrected chi connectivity index (χ1v) is 5.59. The molecule has 19 heavy (non-hydrogen) atoms. The molecule has 0 radical (unpaired) electrons. The summed E-state index contributed by atoms with van der Waals surface area (Å²) in [7, 11) is 0. The number of carbonyl (C=O) groups excluding carboxylic acids is 1. The Kier molecular flexibility index (Phi) is 3.72. The largest absolute Gasteiger partial charge is 0.508 e. The van der Waals surface area contributed by atoms with Gasteiger partial charge in [0.05, 0.1) is 12.2 Å². The van der Waals surface area contributed by atoms with Crippen molar-refractivity contribution in [2.45, 2.75) is 18.0 Å². The Morgan fingerprint density at radius 1 is 1.37 bits per heavy atom. The van der Waals surface area contributed by atoms with Crippen LogP contribution in [-0.2, 0) is 9.47 Å². The van der Waals surface area contributed by atoms with Gasteiger partial charge >= 0.3 is 5.97 Å². The van der Waals surface area contributed by atoms with E-state index < -0.39 is 30.6 Å². The van der Waals surface area contributed by atoms with Gasteiger partial charge in [0, 0.05) is 0 Å². The molecular weight excluding hydrogens is 256 g/mol. The molecule has 104 valence electrons. The predicted octanol–water partition coefficient (Wildman–Crippen LogP) is -1.01. The van der Waals surface area contributed by atoms with Crippen molar-refractivity contribution in [3.05, 3.63) is 29.8 Å². The zero-order valence-electron chi connectivity index (χ0n) is 9.89. The van der Waals surface area contributed by atoms with Crippen LogP contribution < -0.4 is 0 Å². The predicted molar refractivity (Wildman–Crippen MR) is 61.3 cm³/mol. The minimum absolute atomic E-state index is 0.0120. The molecular formula is C12H14O7. The lowest BCUT2D eigenvalue weighted by Gasteiger charge is -2.24. The van der Waals surface area contributed by atoms with Gasteiger partial charge in [-0.3, -0.25) is 0 Å². The van der Waals surface area contributed by atoms with Crippen molar-refractivity contribution in [3.63, 3.8) is 0 Å². The van der Waals surface area contributed by atoms with E-state index in [1.54, 1.807) is 0 Å². The number of aliphatic hydroxyl groups is 3. The van der Waals surface area contributed by atoms with Gasteiger partial charge in [-0.1, -0.05) is 0 Å². The van der Waals surface area contributed by atoms with Crippen LogP contribution in [0.2, 0.25) is 0 Å². The van der Waals surface area contributed by atoms with Crippen molar-refractivity contribution in [3.8, 4) is 5.75 Å². The maximum atomic E-state index is 11.6. The van der Waals surface area contributed by atoms with E-state index in [9.17, 15) is 15.0 Å². The van der Waals surface area contributed by atoms with Crippen LogP contribution in [0.3, 0.4) is 0 Å². The van der Waals surface area contributed by atoms with Crippen molar-refractivity contribution in [2.75, 3.05) is 13.2 Å². The third kappa shape index (κ3) is 2.85. The molecule has 0 bridgehead atoms. The van der Waals surface area contributed by atoms with Gasteiger partial charge in [-0.05, 0) is 24.3 Å². The molecule has 7 heteroatoms. The van der Waals surface area contributed by atoms with Crippen LogP contribution >= 0.6 is 0 Å². The maximum absolute atomic E-state index is 11.6. The quantitative estimate of drug-likeness (QED) is 0.520. The minimum atomic E-state index is -1.83. The van der Waals surface area contributed by atoms with E-state index in [-0.39, 0.29) is 17.9 Å². The molecule has 1 aromatic rings. The molecule has 0 spiro atoms. The second-order valence-electron chi connectivity index (χ2n) is 4.37. The lowest BCUT2D eigenvalue weighted by molar-refractivity contribution is -0.129. The van der Waals surface area contributed by atoms with Crippen molar-refractivity contribution in [1.82, 2.24) is 0 Å². The molecule has 4 N–H and O–H groups in total. The van der Waals surface area contributed by atoms with Gasteiger partial charge in [0.2, 0.25) is 0 Å². The van der Waals surface area contributed by atoms with Crippen LogP contribution in [0.15, 0.2) is 24.3 Å². The molecule has 1 aliphatic heterocycles. The first kappa shape index (κ1) is 13.8. The second kappa shape index (κ2) is 5.14. The molecule has 7 nitrogen and oxygen atoms in total. The first-order valence-electron chi connectivity index (χ1n) is 5.59. The Labute approximate surface area is 108 Å². The molecule has 0 aliphatic carbocycles. The number of carbonyl (C=O) groups is 1. The Balaban J connectivity index is 1.95. The molecule has 1 heterocycles. The molecule has 0 saturated carbocycles. The van der Waals surface area contributed by atoms with Crippen molar-refractivity contribution in [2.24, 2.45) is 0 Å². The monoisotopic (exact) mass is 270 g/mol. The van der Waals surface area contributed by atoms with E-state index >= 15 is 0 Å². The lowest BCUT2D eigenvalue weighted by atomic mass is 10.0. The number of hydrogen-bond acceptors (Lipinski definition) is 7. The highest BCUT2D eigenvalue weighted by Gasteiger charge is 2.48. The molecule has 3 atom stereocenters. The number of ether oxygens (including phenoxy) is 2. The normalized spacial score (nSPS) is 30.3. The highest BCUT2D eigenvalue weighted by Crippen LogP contribution is 2.24. The number of rotatable bonds is 3. The molecule has 2 rings (SSSR count). The van der Waals surface area contributed by atoms with Gasteiger partial charge in [0.25, 0.3) is 0 Å². The summed E-state index contributed by atoms with van der Waals surface area (Å²) in [5, 5.41) is 37.6. The number of phenols is 1. The number of esters is 1. The average molecular weight is 270 g/mol. The number of aliphatic hydroxyl groups excluding tert-OH is 2. The van der Waals surface area contributed by atoms with E-state index in [4.69, 9.17) is 14.9 Å². The van der Waals surface area contributed by atoms with Crippen LogP contribution in [0.25, 0.3) is 0 Å². The number of benzene rings is 1. The van der Waals surface area contributed by atoms with Gasteiger partial charge in [-0.25, -0.2) is 4.79 Å². The Bertz CT molecular complexity index is 458. The highest BCUT2D eigenvalue weighted by molar-refractivity contribution is 5.89. The van der Waals surface area contributed by atoms with E-state index in [0.717, 1.165) is 0 Å². The molecule has 0 amide bonds. The SMILES string of the molecule is O=C(OCC1(O)COC(O)C1O)c1ccc(O)cc1. The summed E-state index contributed by atoms with van der Waals surface area (Å²) in [6.45, 7) is -0.844. The Hall–Kier alpha value is -1.67. The van der Waals surface area contributed by atoms with E-state index in [1.165, 1.54) is 24.3 Å². The summed E-state index contributed by atoms with van der Waals surface area (Å²) < 4.78 is 9.52. The fourth-order valence-electron chi connectivity index (χ4n) is 1.67. The molecule has 1 fully saturated rings. The van der Waals surface area contributed by atoms with E-state index in [0.29, 0.717) is 0 Å². The summed E-state index contributed by atoms with van der Waals surface area (Å²) in [6, 6.07) is 5.36. The lowest BCUT2D eigenvalue weighted by Crippen LogP contribution is -2.48. The fraction of sp³-hybridized carbons (Fsp3) is 0.417. The van der Waals surface area contributed by atoms with Crippen LogP contribution in [-0.4, -0.2) is 57.6 Å². The zero-order valence-corrected chi connectivity index (χ0v) is 9.89. The molecule has 1 aliphatic rings. The Morgan fingerprint density at radius 2 is 2.00 bits per heavy atom. The summed E-state index contributed by atoms with van der Waals surface area (Å²) >= 11 is 0. The molecule has 1 saturated heterocycles. The summed E-state index contributed by atoms with van der Waals surface area (Å²) in [6.07, 6.45) is -3.04. The van der Waals surface area contributed by atoms with Gasteiger partial charge in [-0.15, -0.1) is 0 Å². The fourth-order valence-corrected chi connectivity index (χ4v) is 1.67. The summed E-state index contributed by atoms with van der Waals surface area (Å²) in [5.41, 5.74) is -1.64. The van der Waals surface area contributed by atoms with E-state index in [1.807, 2.05) is 0 Å². The first-order chi connectivity index (χ1) is 8.92. The van der Waals surface area contributed by atoms with Crippen LogP contribution in [0.4, 0.5) is 0 Å². The second-order valence-corrected chi connectivity index (χ2v) is 4.37. The number of phenolic OH excluding ortho intramolecular Hbond substituents is 1. The number of aromatic hydroxyl groups is 1. The van der Waals surface area contributed by atoms with Crippen LogP contribution in [0.1, 0.15) is 10.4 Å². The standard InChI is InChI=1S/C12H14O7/c13-8-3-1-7(2-4-8)10(15)18-5-12(17)6-19-11(16)9(12)14/h1-4,9,11,13-14,16-17H,5-6H2. The highest BCUT2D eigenvalue weighted by atomic mass is 16.6. The molecule has 1 aromatic carbocycles. The van der Waals surface area contributed by atoms with Gasteiger partial charge in [0.15, 0.2) is 11.9 Å². The van der Waals surface area contributed by atoms with Crippen LogP contribution in [0, 0.1) is 0 Å². The van der Waals surface area contributed by atoms with Crippen molar-refractivity contribution < 1.29 is 34.7 Å². The summed E-state index contributed by atoms with van der Waals surface area (Å²) in [4.78, 5) is 11.6. The van der Waals surface area contributed by atoms with Crippen LogP contribution in [0.5, 0.6) is 5.75 Å². The molecule has 3 unspecified atom stereocenters. The smallest absolute Gasteiger partial charge is 0.338 e. The topological polar surface area (TPSA) is 116 Å². The van der Waals surface area contributed by atoms with Crippen molar-refractivity contribution in [1.29, 1.82) is 0 Å². The average Bonchev–Trinajstić information content (AvgIpc) is 2.66. The minimum Gasteiger partial charge on any atom is -0.508 e. The van der Waals surface area contributed by atoms with E-state index in [2.05, 4.69) is 4.74 Å².